The lowest BCUT2D eigenvalue weighted by molar-refractivity contribution is -0.156. The molecule has 0 aromatic heterocycles. The van der Waals surface area contributed by atoms with Crippen LogP contribution in [0.4, 0.5) is 0 Å². The van der Waals surface area contributed by atoms with Gasteiger partial charge >= 0.3 is 11.9 Å². The molecule has 3 aliphatic rings. The number of hydrogen-bond acceptors (Lipinski definition) is 12. The van der Waals surface area contributed by atoms with Gasteiger partial charge in [-0.1, -0.05) is 6.07 Å². The number of benzene rings is 3. The van der Waals surface area contributed by atoms with E-state index in [2.05, 4.69) is 0 Å². The second kappa shape index (κ2) is 9.73. The van der Waals surface area contributed by atoms with E-state index in [0.717, 1.165) is 0 Å². The highest BCUT2D eigenvalue weighted by molar-refractivity contribution is 6.14. The Morgan fingerprint density at radius 1 is 1.02 bits per heavy atom. The van der Waals surface area contributed by atoms with E-state index in [0.29, 0.717) is 50.5 Å². The molecule has 0 bridgehead atoms. The molecule has 3 atom stereocenters. The van der Waals surface area contributed by atoms with Gasteiger partial charge in [-0.25, -0.2) is 4.79 Å². The molecule has 1 fully saturated rings. The van der Waals surface area contributed by atoms with Crippen LogP contribution < -0.4 is 23.7 Å². The van der Waals surface area contributed by atoms with Gasteiger partial charge in [-0.05, 0) is 35.2 Å². The summed E-state index contributed by atoms with van der Waals surface area (Å²) in [7, 11) is 2.98. The van der Waals surface area contributed by atoms with Gasteiger partial charge in [0.25, 0.3) is 0 Å². The van der Waals surface area contributed by atoms with Gasteiger partial charge in [0.15, 0.2) is 34.7 Å². The van der Waals surface area contributed by atoms with Gasteiger partial charge in [-0.3, -0.25) is 4.79 Å². The summed E-state index contributed by atoms with van der Waals surface area (Å²) in [5.41, 5.74) is 0.00357. The predicted molar refractivity (Wildman–Crippen MR) is 136 cm³/mol. The maximum absolute atomic E-state index is 13.2. The van der Waals surface area contributed by atoms with E-state index >= 15 is 0 Å². The van der Waals surface area contributed by atoms with Gasteiger partial charge in [0.2, 0.25) is 13.1 Å². The molecule has 40 heavy (non-hydrogen) atoms. The summed E-state index contributed by atoms with van der Waals surface area (Å²) >= 11 is 0. The summed E-state index contributed by atoms with van der Waals surface area (Å²) < 4.78 is 44.3. The number of carbonyl (C=O) groups is 2. The highest BCUT2D eigenvalue weighted by atomic mass is 16.7. The summed E-state index contributed by atoms with van der Waals surface area (Å²) in [5, 5.41) is 22.8. The fraction of sp³-hybridized carbons (Fsp3) is 0.357. The minimum Gasteiger partial charge on any atom is -0.493 e. The highest BCUT2D eigenvalue weighted by Crippen LogP contribution is 2.49. The lowest BCUT2D eigenvalue weighted by atomic mass is 9.89. The van der Waals surface area contributed by atoms with Crippen LogP contribution in [0, 0.1) is 0 Å². The summed E-state index contributed by atoms with van der Waals surface area (Å²) in [6, 6.07) is 8.75. The SMILES string of the molecule is COc1cc2c(O[C@@H]3OC[C@](O)(COC(C)=O)[C@H]3O)c3c(c(-c4ccc5c(c4)OCO5)c2cc1OC)C(=O)OC3. The number of cyclic esters (lactones) is 1. The molecule has 3 aliphatic heterocycles. The second-order valence-corrected chi connectivity index (χ2v) is 9.58. The standard InChI is InChI=1S/C28H26O12/c1-13(29)36-10-28(32)11-37-27(25(28)30)40-24-16-8-20(34-3)19(33-2)7-15(16)22(23-17(24)9-35-26(23)31)14-4-5-18-21(6-14)39-12-38-18/h4-8,25,27,30,32H,9-12H2,1-3H3/t25-,27-,28+/m0/s1. The Labute approximate surface area is 227 Å². The van der Waals surface area contributed by atoms with E-state index in [1.807, 2.05) is 6.07 Å². The van der Waals surface area contributed by atoms with Crippen molar-refractivity contribution in [2.75, 3.05) is 34.2 Å². The third-order valence-electron chi connectivity index (χ3n) is 7.14. The minimum absolute atomic E-state index is 0.0883. The highest BCUT2D eigenvalue weighted by Gasteiger charge is 2.51. The molecule has 0 spiro atoms. The first-order valence-electron chi connectivity index (χ1n) is 12.4. The molecule has 3 aromatic rings. The Balaban J connectivity index is 1.53. The number of aliphatic hydroxyl groups excluding tert-OH is 1. The second-order valence-electron chi connectivity index (χ2n) is 9.58. The van der Waals surface area contributed by atoms with Crippen molar-refractivity contribution in [2.45, 2.75) is 31.5 Å². The average molecular weight is 555 g/mol. The Hall–Kier alpha value is -4.26. The summed E-state index contributed by atoms with van der Waals surface area (Å²) in [4.78, 5) is 24.4. The molecule has 12 nitrogen and oxygen atoms in total. The van der Waals surface area contributed by atoms with Gasteiger partial charge in [0.05, 0.1) is 26.4 Å². The van der Waals surface area contributed by atoms with Crippen LogP contribution in [0.2, 0.25) is 0 Å². The number of ether oxygens (including phenoxy) is 8. The Kier molecular flexibility index (Phi) is 6.32. The number of hydrogen-bond donors (Lipinski definition) is 2. The average Bonchev–Trinajstić information content (AvgIpc) is 3.65. The van der Waals surface area contributed by atoms with E-state index in [9.17, 15) is 19.8 Å². The molecule has 0 saturated carbocycles. The molecule has 0 amide bonds. The van der Waals surface area contributed by atoms with Crippen molar-refractivity contribution >= 4 is 22.7 Å². The van der Waals surface area contributed by atoms with Crippen LogP contribution in [0.25, 0.3) is 21.9 Å². The maximum atomic E-state index is 13.2. The number of rotatable bonds is 7. The molecule has 6 rings (SSSR count). The van der Waals surface area contributed by atoms with Crippen LogP contribution in [0.15, 0.2) is 30.3 Å². The number of esters is 2. The zero-order valence-corrected chi connectivity index (χ0v) is 21.8. The van der Waals surface area contributed by atoms with Crippen LogP contribution in [0.5, 0.6) is 28.7 Å². The number of aliphatic hydroxyl groups is 2. The quantitative estimate of drug-likeness (QED) is 0.413. The molecule has 3 aromatic carbocycles. The largest absolute Gasteiger partial charge is 0.493 e. The van der Waals surface area contributed by atoms with E-state index in [4.69, 9.17) is 37.9 Å². The fourth-order valence-electron chi connectivity index (χ4n) is 5.12. The Morgan fingerprint density at radius 3 is 2.48 bits per heavy atom. The fourth-order valence-corrected chi connectivity index (χ4v) is 5.12. The molecular formula is C28H26O12. The zero-order valence-electron chi connectivity index (χ0n) is 21.8. The van der Waals surface area contributed by atoms with Crippen molar-refractivity contribution in [2.24, 2.45) is 0 Å². The predicted octanol–water partition coefficient (Wildman–Crippen LogP) is 2.31. The van der Waals surface area contributed by atoms with Crippen LogP contribution >= 0.6 is 0 Å². The van der Waals surface area contributed by atoms with Gasteiger partial charge in [0, 0.05) is 23.4 Å². The van der Waals surface area contributed by atoms with Crippen molar-refractivity contribution in [1.82, 2.24) is 0 Å². The molecule has 0 radical (unpaired) electrons. The van der Waals surface area contributed by atoms with Crippen molar-refractivity contribution in [3.05, 3.63) is 41.5 Å². The van der Waals surface area contributed by atoms with Crippen molar-refractivity contribution < 1.29 is 57.7 Å². The maximum Gasteiger partial charge on any atom is 0.339 e. The monoisotopic (exact) mass is 554 g/mol. The third-order valence-corrected chi connectivity index (χ3v) is 7.14. The van der Waals surface area contributed by atoms with E-state index < -0.39 is 36.5 Å². The lowest BCUT2D eigenvalue weighted by Gasteiger charge is -2.26. The molecular weight excluding hydrogens is 528 g/mol. The summed E-state index contributed by atoms with van der Waals surface area (Å²) in [6.07, 6.45) is -2.93. The summed E-state index contributed by atoms with van der Waals surface area (Å²) in [6.45, 7) is 0.332. The smallest absolute Gasteiger partial charge is 0.339 e. The van der Waals surface area contributed by atoms with Crippen molar-refractivity contribution in [3.63, 3.8) is 0 Å². The van der Waals surface area contributed by atoms with Gasteiger partial charge in [0.1, 0.15) is 19.0 Å². The minimum atomic E-state index is -1.89. The third kappa shape index (κ3) is 4.12. The van der Waals surface area contributed by atoms with Gasteiger partial charge in [-0.2, -0.15) is 0 Å². The Morgan fingerprint density at radius 2 is 1.75 bits per heavy atom. The first-order chi connectivity index (χ1) is 19.2. The molecule has 0 unspecified atom stereocenters. The molecule has 3 heterocycles. The Bertz CT molecular complexity index is 1530. The van der Waals surface area contributed by atoms with E-state index in [1.54, 1.807) is 24.3 Å². The first-order valence-corrected chi connectivity index (χ1v) is 12.4. The van der Waals surface area contributed by atoms with E-state index in [1.165, 1.54) is 21.1 Å². The molecule has 1 saturated heterocycles. The zero-order chi connectivity index (χ0) is 28.2. The molecule has 2 N–H and O–H groups in total. The van der Waals surface area contributed by atoms with Crippen LogP contribution in [-0.2, 0) is 25.6 Å². The van der Waals surface area contributed by atoms with Crippen molar-refractivity contribution in [3.8, 4) is 39.9 Å². The number of carbonyl (C=O) groups excluding carboxylic acids is 2. The van der Waals surface area contributed by atoms with Crippen molar-refractivity contribution in [1.29, 1.82) is 0 Å². The van der Waals surface area contributed by atoms with Crippen LogP contribution in [0.1, 0.15) is 22.8 Å². The molecule has 12 heteroatoms. The van der Waals surface area contributed by atoms with Gasteiger partial charge in [-0.15, -0.1) is 0 Å². The first kappa shape index (κ1) is 26.0. The molecule has 0 aliphatic carbocycles. The summed E-state index contributed by atoms with van der Waals surface area (Å²) in [5.74, 6) is 0.916. The van der Waals surface area contributed by atoms with Gasteiger partial charge < -0.3 is 48.1 Å². The van der Waals surface area contributed by atoms with E-state index in [-0.39, 0.29) is 31.3 Å². The number of methoxy groups -OCH3 is 2. The van der Waals surface area contributed by atoms with Crippen LogP contribution in [0.3, 0.4) is 0 Å². The topological polar surface area (TPSA) is 148 Å². The normalized spacial score (nSPS) is 22.7. The van der Waals surface area contributed by atoms with Crippen LogP contribution in [-0.4, -0.2) is 74.4 Å². The lowest BCUT2D eigenvalue weighted by Crippen LogP contribution is -2.49. The number of fused-ring (bicyclic) bond motifs is 3. The molecule has 210 valence electrons.